The van der Waals surface area contributed by atoms with E-state index in [0.717, 1.165) is 11.1 Å². The summed E-state index contributed by atoms with van der Waals surface area (Å²) in [7, 11) is 0. The molecule has 17 heavy (non-hydrogen) atoms. The third kappa shape index (κ3) is 3.15. The SMILES string of the molecule is NCCNc1ncc(-c2cccc(Cl)c2)cn1. The van der Waals surface area contributed by atoms with Crippen molar-refractivity contribution in [3.05, 3.63) is 41.7 Å². The lowest BCUT2D eigenvalue weighted by Gasteiger charge is -2.04. The molecular formula is C12H13ClN4. The minimum atomic E-state index is 0.555. The number of anilines is 1. The molecule has 0 amide bonds. The molecule has 0 atom stereocenters. The Bertz CT molecular complexity index is 484. The quantitative estimate of drug-likeness (QED) is 0.871. The lowest BCUT2D eigenvalue weighted by molar-refractivity contribution is 0.990. The third-order valence-electron chi connectivity index (χ3n) is 2.24. The summed E-state index contributed by atoms with van der Waals surface area (Å²) in [6.07, 6.45) is 3.52. The number of benzene rings is 1. The van der Waals surface area contributed by atoms with E-state index in [0.29, 0.717) is 24.1 Å². The highest BCUT2D eigenvalue weighted by molar-refractivity contribution is 6.30. The van der Waals surface area contributed by atoms with Crippen LogP contribution in [-0.2, 0) is 0 Å². The topological polar surface area (TPSA) is 63.8 Å². The van der Waals surface area contributed by atoms with Gasteiger partial charge in [-0.3, -0.25) is 0 Å². The van der Waals surface area contributed by atoms with Gasteiger partial charge in [0.05, 0.1) is 0 Å². The van der Waals surface area contributed by atoms with E-state index < -0.39 is 0 Å². The van der Waals surface area contributed by atoms with Gasteiger partial charge in [-0.05, 0) is 17.7 Å². The van der Waals surface area contributed by atoms with Crippen LogP contribution in [0.2, 0.25) is 5.02 Å². The molecule has 1 heterocycles. The molecule has 5 heteroatoms. The Morgan fingerprint density at radius 3 is 2.59 bits per heavy atom. The van der Waals surface area contributed by atoms with Crippen molar-refractivity contribution in [2.75, 3.05) is 18.4 Å². The maximum atomic E-state index is 5.93. The molecule has 0 unspecified atom stereocenters. The molecule has 0 aliphatic carbocycles. The first-order valence-corrected chi connectivity index (χ1v) is 5.69. The van der Waals surface area contributed by atoms with Crippen LogP contribution in [0.4, 0.5) is 5.95 Å². The van der Waals surface area contributed by atoms with Gasteiger partial charge in [-0.15, -0.1) is 0 Å². The zero-order valence-electron chi connectivity index (χ0n) is 9.23. The van der Waals surface area contributed by atoms with Gasteiger partial charge in [0.15, 0.2) is 0 Å². The van der Waals surface area contributed by atoms with Crippen molar-refractivity contribution in [1.29, 1.82) is 0 Å². The van der Waals surface area contributed by atoms with Crippen molar-refractivity contribution in [3.63, 3.8) is 0 Å². The van der Waals surface area contributed by atoms with E-state index in [2.05, 4.69) is 15.3 Å². The zero-order chi connectivity index (χ0) is 12.1. The van der Waals surface area contributed by atoms with Gasteiger partial charge in [0.2, 0.25) is 5.95 Å². The number of nitrogens with zero attached hydrogens (tertiary/aromatic N) is 2. The fourth-order valence-electron chi connectivity index (χ4n) is 1.42. The summed E-state index contributed by atoms with van der Waals surface area (Å²) in [6.45, 7) is 1.22. The summed E-state index contributed by atoms with van der Waals surface area (Å²) in [5, 5.41) is 3.71. The highest BCUT2D eigenvalue weighted by Gasteiger charge is 2.00. The van der Waals surface area contributed by atoms with E-state index in [1.54, 1.807) is 12.4 Å². The summed E-state index contributed by atoms with van der Waals surface area (Å²) in [5.41, 5.74) is 7.32. The van der Waals surface area contributed by atoms with Crippen LogP contribution in [0.5, 0.6) is 0 Å². The minimum Gasteiger partial charge on any atom is -0.353 e. The lowest BCUT2D eigenvalue weighted by Crippen LogP contribution is -2.14. The molecule has 0 saturated heterocycles. The first kappa shape index (κ1) is 11.8. The molecule has 0 bridgehead atoms. The van der Waals surface area contributed by atoms with Gasteiger partial charge < -0.3 is 11.1 Å². The first-order chi connectivity index (χ1) is 8.29. The van der Waals surface area contributed by atoms with Gasteiger partial charge in [0.1, 0.15) is 0 Å². The molecule has 0 aliphatic heterocycles. The highest BCUT2D eigenvalue weighted by Crippen LogP contribution is 2.21. The van der Waals surface area contributed by atoms with Crippen LogP contribution in [0.15, 0.2) is 36.7 Å². The molecule has 2 aromatic rings. The van der Waals surface area contributed by atoms with Crippen LogP contribution in [0, 0.1) is 0 Å². The molecule has 2 rings (SSSR count). The molecule has 0 spiro atoms. The maximum Gasteiger partial charge on any atom is 0.222 e. The molecule has 1 aromatic carbocycles. The second-order valence-corrected chi connectivity index (χ2v) is 3.96. The average molecular weight is 249 g/mol. The molecule has 3 N–H and O–H groups in total. The predicted molar refractivity (Wildman–Crippen MR) is 70.0 cm³/mol. The Labute approximate surface area is 105 Å². The molecule has 0 radical (unpaired) electrons. The summed E-state index contributed by atoms with van der Waals surface area (Å²) in [6, 6.07) is 7.59. The normalized spacial score (nSPS) is 10.2. The van der Waals surface area contributed by atoms with Crippen LogP contribution in [0.25, 0.3) is 11.1 Å². The van der Waals surface area contributed by atoms with Crippen molar-refractivity contribution >= 4 is 17.5 Å². The standard InChI is InChI=1S/C12H13ClN4/c13-11-3-1-2-9(6-11)10-7-16-12(17-8-10)15-5-4-14/h1-3,6-8H,4-5,14H2,(H,15,16,17). The molecule has 0 saturated carbocycles. The molecule has 0 fully saturated rings. The summed E-state index contributed by atoms with van der Waals surface area (Å²) in [5.74, 6) is 0.584. The van der Waals surface area contributed by atoms with Gasteiger partial charge in [-0.1, -0.05) is 23.7 Å². The van der Waals surface area contributed by atoms with Crippen LogP contribution in [-0.4, -0.2) is 23.1 Å². The van der Waals surface area contributed by atoms with Crippen LogP contribution < -0.4 is 11.1 Å². The van der Waals surface area contributed by atoms with Crippen LogP contribution >= 0.6 is 11.6 Å². The molecule has 4 nitrogen and oxygen atoms in total. The van der Waals surface area contributed by atoms with Gasteiger partial charge in [-0.2, -0.15) is 0 Å². The van der Waals surface area contributed by atoms with Crippen molar-refractivity contribution in [1.82, 2.24) is 9.97 Å². The number of hydrogen-bond donors (Lipinski definition) is 2. The predicted octanol–water partition coefficient (Wildman–Crippen LogP) is 2.17. The summed E-state index contributed by atoms with van der Waals surface area (Å²) in [4.78, 5) is 8.40. The van der Waals surface area contributed by atoms with E-state index in [-0.39, 0.29) is 0 Å². The Hall–Kier alpha value is -1.65. The fourth-order valence-corrected chi connectivity index (χ4v) is 1.61. The van der Waals surface area contributed by atoms with E-state index in [4.69, 9.17) is 17.3 Å². The number of nitrogens with two attached hydrogens (primary N) is 1. The fraction of sp³-hybridized carbons (Fsp3) is 0.167. The third-order valence-corrected chi connectivity index (χ3v) is 2.47. The zero-order valence-corrected chi connectivity index (χ0v) is 9.98. The second kappa shape index (κ2) is 5.61. The monoisotopic (exact) mass is 248 g/mol. The van der Waals surface area contributed by atoms with E-state index in [1.165, 1.54) is 0 Å². The first-order valence-electron chi connectivity index (χ1n) is 5.31. The molecule has 88 valence electrons. The maximum absolute atomic E-state index is 5.93. The van der Waals surface area contributed by atoms with Gasteiger partial charge in [0.25, 0.3) is 0 Å². The Balaban J connectivity index is 2.17. The lowest BCUT2D eigenvalue weighted by atomic mass is 10.1. The van der Waals surface area contributed by atoms with Crippen LogP contribution in [0.1, 0.15) is 0 Å². The van der Waals surface area contributed by atoms with E-state index in [9.17, 15) is 0 Å². The molecule has 0 aliphatic rings. The number of halogens is 1. The van der Waals surface area contributed by atoms with Crippen molar-refractivity contribution in [3.8, 4) is 11.1 Å². The van der Waals surface area contributed by atoms with Crippen LogP contribution in [0.3, 0.4) is 0 Å². The number of hydrogen-bond acceptors (Lipinski definition) is 4. The van der Waals surface area contributed by atoms with Crippen molar-refractivity contribution in [2.45, 2.75) is 0 Å². The van der Waals surface area contributed by atoms with Crippen molar-refractivity contribution < 1.29 is 0 Å². The average Bonchev–Trinajstić information content (AvgIpc) is 2.37. The van der Waals surface area contributed by atoms with E-state index >= 15 is 0 Å². The summed E-state index contributed by atoms with van der Waals surface area (Å²) >= 11 is 5.93. The molecule has 1 aromatic heterocycles. The Morgan fingerprint density at radius 2 is 1.94 bits per heavy atom. The van der Waals surface area contributed by atoms with Crippen molar-refractivity contribution in [2.24, 2.45) is 5.73 Å². The smallest absolute Gasteiger partial charge is 0.222 e. The number of nitrogens with one attached hydrogen (secondary N) is 1. The van der Waals surface area contributed by atoms with Gasteiger partial charge in [-0.25, -0.2) is 9.97 Å². The van der Waals surface area contributed by atoms with E-state index in [1.807, 2.05) is 24.3 Å². The number of aromatic nitrogens is 2. The Morgan fingerprint density at radius 1 is 1.18 bits per heavy atom. The Kier molecular flexibility index (Phi) is 3.90. The highest BCUT2D eigenvalue weighted by atomic mass is 35.5. The molecular weight excluding hydrogens is 236 g/mol. The van der Waals surface area contributed by atoms with Gasteiger partial charge >= 0.3 is 0 Å². The van der Waals surface area contributed by atoms with Gasteiger partial charge in [0, 0.05) is 36.1 Å². The largest absolute Gasteiger partial charge is 0.353 e. The summed E-state index contributed by atoms with van der Waals surface area (Å²) < 4.78 is 0. The second-order valence-electron chi connectivity index (χ2n) is 3.52. The number of rotatable bonds is 4. The minimum absolute atomic E-state index is 0.555.